The van der Waals surface area contributed by atoms with Gasteiger partial charge in [0, 0.05) is 22.8 Å². The number of rotatable bonds is 3. The molecular weight excluding hydrogens is 262 g/mol. The minimum atomic E-state index is -3.45. The number of nitrogens with one attached hydrogen (secondary N) is 1. The van der Waals surface area contributed by atoms with Crippen molar-refractivity contribution in [3.63, 3.8) is 0 Å². The Labute approximate surface area is 104 Å². The average molecular weight is 274 g/mol. The Kier molecular flexibility index (Phi) is 3.40. The Morgan fingerprint density at radius 3 is 2.76 bits per heavy atom. The summed E-state index contributed by atoms with van der Waals surface area (Å²) in [5.41, 5.74) is 2.79. The summed E-state index contributed by atoms with van der Waals surface area (Å²) in [5.74, 6) is -0.0479. The van der Waals surface area contributed by atoms with E-state index in [2.05, 4.69) is 5.32 Å². The minimum absolute atomic E-state index is 0.0218. The number of carbonyl (C=O) groups is 1. The van der Waals surface area contributed by atoms with Gasteiger partial charge >= 0.3 is 0 Å². The molecule has 92 valence electrons. The van der Waals surface area contributed by atoms with Crippen molar-refractivity contribution in [1.29, 1.82) is 0 Å². The van der Waals surface area contributed by atoms with E-state index in [1.165, 1.54) is 0 Å². The summed E-state index contributed by atoms with van der Waals surface area (Å²) in [5, 5.41) is 2.78. The van der Waals surface area contributed by atoms with E-state index in [9.17, 15) is 13.2 Å². The maximum atomic E-state index is 11.2. The smallest absolute Gasteiger partial charge is 0.232 e. The topological polar surface area (TPSA) is 63.2 Å². The molecule has 2 rings (SSSR count). The molecule has 4 nitrogen and oxygen atoms in total. The van der Waals surface area contributed by atoms with Gasteiger partial charge < -0.3 is 5.32 Å². The van der Waals surface area contributed by atoms with Crippen molar-refractivity contribution in [3.8, 4) is 0 Å². The normalized spacial score (nSPS) is 15.2. The largest absolute Gasteiger partial charge is 0.326 e. The van der Waals surface area contributed by atoms with Crippen LogP contribution in [-0.2, 0) is 26.7 Å². The van der Waals surface area contributed by atoms with Gasteiger partial charge in [-0.1, -0.05) is 12.1 Å². The molecule has 0 unspecified atom stereocenters. The van der Waals surface area contributed by atoms with Crippen molar-refractivity contribution in [1.82, 2.24) is 0 Å². The Morgan fingerprint density at radius 1 is 1.29 bits per heavy atom. The van der Waals surface area contributed by atoms with E-state index in [1.807, 2.05) is 18.2 Å². The molecule has 0 spiro atoms. The highest BCUT2D eigenvalue weighted by Crippen LogP contribution is 2.23. The van der Waals surface area contributed by atoms with Gasteiger partial charge in [-0.05, 0) is 30.0 Å². The van der Waals surface area contributed by atoms with Crippen LogP contribution in [0.2, 0.25) is 0 Å². The highest BCUT2D eigenvalue weighted by Gasteiger charge is 2.15. The Balaban J connectivity index is 2.14. The number of hydrogen-bond acceptors (Lipinski definition) is 3. The van der Waals surface area contributed by atoms with Gasteiger partial charge in [0.25, 0.3) is 0 Å². The van der Waals surface area contributed by atoms with Crippen molar-refractivity contribution in [3.05, 3.63) is 29.3 Å². The fourth-order valence-electron chi connectivity index (χ4n) is 1.83. The lowest BCUT2D eigenvalue weighted by Gasteiger charge is -2.17. The molecule has 1 N–H and O–H groups in total. The molecule has 0 aromatic heterocycles. The lowest BCUT2D eigenvalue weighted by Crippen LogP contribution is -2.19. The average Bonchev–Trinajstić information content (AvgIpc) is 2.25. The summed E-state index contributed by atoms with van der Waals surface area (Å²) < 4.78 is 21.7. The Hall–Kier alpha value is -1.07. The number of carbonyl (C=O) groups excluding carboxylic acids is 1. The first-order chi connectivity index (χ1) is 7.94. The maximum absolute atomic E-state index is 11.2. The van der Waals surface area contributed by atoms with Crippen LogP contribution in [0.25, 0.3) is 0 Å². The van der Waals surface area contributed by atoms with Crippen molar-refractivity contribution >= 4 is 31.3 Å². The van der Waals surface area contributed by atoms with Gasteiger partial charge in [0.15, 0.2) is 0 Å². The van der Waals surface area contributed by atoms with E-state index >= 15 is 0 Å². The van der Waals surface area contributed by atoms with Crippen molar-refractivity contribution in [2.75, 3.05) is 11.1 Å². The van der Waals surface area contributed by atoms with Gasteiger partial charge in [-0.2, -0.15) is 0 Å². The van der Waals surface area contributed by atoms with Crippen LogP contribution < -0.4 is 5.32 Å². The van der Waals surface area contributed by atoms with Gasteiger partial charge in [0.2, 0.25) is 15.0 Å². The monoisotopic (exact) mass is 273 g/mol. The van der Waals surface area contributed by atoms with E-state index in [-0.39, 0.29) is 11.7 Å². The molecule has 1 aromatic rings. The molecule has 0 saturated heterocycles. The number of hydrogen-bond donors (Lipinski definition) is 1. The summed E-state index contributed by atoms with van der Waals surface area (Å²) in [4.78, 5) is 11.2. The zero-order chi connectivity index (χ0) is 12.5. The molecule has 0 bridgehead atoms. The van der Waals surface area contributed by atoms with Crippen LogP contribution in [0.15, 0.2) is 18.2 Å². The second kappa shape index (κ2) is 4.66. The number of aryl methyl sites for hydroxylation is 2. The van der Waals surface area contributed by atoms with Crippen molar-refractivity contribution < 1.29 is 13.2 Å². The first-order valence-electron chi connectivity index (χ1n) is 5.28. The molecule has 1 amide bonds. The molecule has 0 aliphatic carbocycles. The van der Waals surface area contributed by atoms with Crippen LogP contribution in [-0.4, -0.2) is 20.1 Å². The fraction of sp³-hybridized carbons (Fsp3) is 0.364. The van der Waals surface area contributed by atoms with Gasteiger partial charge in [-0.25, -0.2) is 8.42 Å². The SMILES string of the molecule is O=C1CCc2cc(CCS(=O)(=O)Cl)ccc2N1. The lowest BCUT2D eigenvalue weighted by atomic mass is 9.99. The zero-order valence-electron chi connectivity index (χ0n) is 9.07. The van der Waals surface area contributed by atoms with E-state index < -0.39 is 9.05 Å². The molecule has 17 heavy (non-hydrogen) atoms. The lowest BCUT2D eigenvalue weighted by molar-refractivity contribution is -0.116. The highest BCUT2D eigenvalue weighted by atomic mass is 35.7. The van der Waals surface area contributed by atoms with E-state index in [0.29, 0.717) is 19.3 Å². The number of anilines is 1. The molecule has 1 aliphatic rings. The van der Waals surface area contributed by atoms with Crippen molar-refractivity contribution in [2.45, 2.75) is 19.3 Å². The predicted molar refractivity (Wildman–Crippen MR) is 66.7 cm³/mol. The first-order valence-corrected chi connectivity index (χ1v) is 7.76. The van der Waals surface area contributed by atoms with Crippen LogP contribution in [0.4, 0.5) is 5.69 Å². The van der Waals surface area contributed by atoms with Crippen LogP contribution in [0.1, 0.15) is 17.5 Å². The van der Waals surface area contributed by atoms with E-state index in [0.717, 1.165) is 16.8 Å². The number of halogens is 1. The Bertz CT molecular complexity index is 554. The zero-order valence-corrected chi connectivity index (χ0v) is 10.6. The van der Waals surface area contributed by atoms with E-state index in [4.69, 9.17) is 10.7 Å². The molecule has 1 heterocycles. The number of benzene rings is 1. The molecule has 0 radical (unpaired) electrons. The third-order valence-corrected chi connectivity index (χ3v) is 3.85. The summed E-state index contributed by atoms with van der Waals surface area (Å²) in [6.07, 6.45) is 1.57. The van der Waals surface area contributed by atoms with Crippen LogP contribution in [0.3, 0.4) is 0 Å². The maximum Gasteiger partial charge on any atom is 0.232 e. The summed E-state index contributed by atoms with van der Waals surface area (Å²) >= 11 is 0. The number of amides is 1. The van der Waals surface area contributed by atoms with Crippen LogP contribution in [0, 0.1) is 0 Å². The van der Waals surface area contributed by atoms with Crippen LogP contribution in [0.5, 0.6) is 0 Å². The second-order valence-electron chi connectivity index (χ2n) is 4.03. The predicted octanol–water partition coefficient (Wildman–Crippen LogP) is 1.68. The third kappa shape index (κ3) is 3.44. The van der Waals surface area contributed by atoms with Gasteiger partial charge in [0.1, 0.15) is 0 Å². The second-order valence-corrected chi connectivity index (χ2v) is 6.93. The van der Waals surface area contributed by atoms with Gasteiger partial charge in [-0.3, -0.25) is 4.79 Å². The highest BCUT2D eigenvalue weighted by molar-refractivity contribution is 8.13. The summed E-state index contributed by atoms with van der Waals surface area (Å²) in [6, 6.07) is 5.55. The van der Waals surface area contributed by atoms with E-state index in [1.54, 1.807) is 0 Å². The first kappa shape index (κ1) is 12.4. The third-order valence-electron chi connectivity index (χ3n) is 2.70. The standard InChI is InChI=1S/C11H12ClNO3S/c12-17(15,16)6-5-8-1-3-10-9(7-8)2-4-11(14)13-10/h1,3,7H,2,4-6H2,(H,13,14). The molecule has 1 aliphatic heterocycles. The minimum Gasteiger partial charge on any atom is -0.326 e. The molecule has 0 fully saturated rings. The van der Waals surface area contributed by atoms with Crippen molar-refractivity contribution in [2.24, 2.45) is 0 Å². The molecular formula is C11H12ClNO3S. The molecule has 0 saturated carbocycles. The van der Waals surface area contributed by atoms with Gasteiger partial charge in [0.05, 0.1) is 5.75 Å². The Morgan fingerprint density at radius 2 is 2.06 bits per heavy atom. The fourth-order valence-corrected chi connectivity index (χ4v) is 2.54. The molecule has 6 heteroatoms. The number of fused-ring (bicyclic) bond motifs is 1. The summed E-state index contributed by atoms with van der Waals surface area (Å²) in [6.45, 7) is 0. The molecule has 1 aromatic carbocycles. The molecule has 0 atom stereocenters. The van der Waals surface area contributed by atoms with Gasteiger partial charge in [-0.15, -0.1) is 0 Å². The van der Waals surface area contributed by atoms with Crippen LogP contribution >= 0.6 is 10.7 Å². The quantitative estimate of drug-likeness (QED) is 0.853. The summed E-state index contributed by atoms with van der Waals surface area (Å²) in [7, 11) is 1.71.